The van der Waals surface area contributed by atoms with Crippen molar-refractivity contribution in [3.63, 3.8) is 0 Å². The first-order valence-electron chi connectivity index (χ1n) is 9.77. The lowest BCUT2D eigenvalue weighted by Crippen LogP contribution is -2.59. The van der Waals surface area contributed by atoms with E-state index in [1.807, 2.05) is 0 Å². The smallest absolute Gasteiger partial charge is 0.229 e. The molecule has 0 saturated carbocycles. The van der Waals surface area contributed by atoms with Crippen molar-refractivity contribution >= 4 is 5.76 Å². The summed E-state index contributed by atoms with van der Waals surface area (Å²) in [5.41, 5.74) is -0.114. The van der Waals surface area contributed by atoms with E-state index in [-0.39, 0.29) is 28.4 Å². The molecule has 4 rings (SSSR count). The summed E-state index contributed by atoms with van der Waals surface area (Å²) >= 11 is 0. The molecular weight excluding hydrogens is 444 g/mol. The topological polar surface area (TPSA) is 210 Å². The van der Waals surface area contributed by atoms with Gasteiger partial charge in [0, 0.05) is 17.7 Å². The zero-order valence-corrected chi connectivity index (χ0v) is 16.8. The summed E-state index contributed by atoms with van der Waals surface area (Å²) in [7, 11) is 0. The number of rotatable bonds is 4. The summed E-state index contributed by atoms with van der Waals surface area (Å²) in [5.74, 6) is -2.71. The molecule has 0 aliphatic carbocycles. The van der Waals surface area contributed by atoms with Crippen molar-refractivity contribution in [2.45, 2.75) is 36.8 Å². The van der Waals surface area contributed by atoms with E-state index in [2.05, 4.69) is 0 Å². The van der Waals surface area contributed by atoms with Crippen LogP contribution in [0.15, 0.2) is 36.1 Å². The van der Waals surface area contributed by atoms with Gasteiger partial charge in [0.15, 0.2) is 23.0 Å². The quantitative estimate of drug-likeness (QED) is 0.252. The van der Waals surface area contributed by atoms with E-state index in [0.29, 0.717) is 0 Å². The van der Waals surface area contributed by atoms with Crippen LogP contribution in [0.2, 0.25) is 0 Å². The third-order valence-electron chi connectivity index (χ3n) is 5.39. The van der Waals surface area contributed by atoms with Gasteiger partial charge in [-0.1, -0.05) is 0 Å². The second-order valence-corrected chi connectivity index (χ2v) is 7.59. The molecule has 0 bridgehead atoms. The van der Waals surface area contributed by atoms with Gasteiger partial charge in [0.05, 0.1) is 12.2 Å². The van der Waals surface area contributed by atoms with Gasteiger partial charge in [-0.15, -0.1) is 0 Å². The van der Waals surface area contributed by atoms with Gasteiger partial charge in [-0.05, 0) is 18.2 Å². The van der Waals surface area contributed by atoms with Gasteiger partial charge in [0.25, 0.3) is 0 Å². The number of aliphatic hydroxyl groups is 5. The number of hydrogen-bond acceptors (Lipinski definition) is 12. The van der Waals surface area contributed by atoms with Crippen molar-refractivity contribution < 1.29 is 60.2 Å². The molecule has 2 aromatic rings. The van der Waals surface area contributed by atoms with E-state index in [4.69, 9.17) is 14.2 Å². The van der Waals surface area contributed by atoms with Crippen molar-refractivity contribution in [1.29, 1.82) is 0 Å². The average molecular weight is 466 g/mol. The Kier molecular flexibility index (Phi) is 5.97. The van der Waals surface area contributed by atoms with Crippen molar-refractivity contribution in [1.82, 2.24) is 0 Å². The number of fused-ring (bicyclic) bond motifs is 1. The fourth-order valence-electron chi connectivity index (χ4n) is 3.65. The highest BCUT2D eigenvalue weighted by Crippen LogP contribution is 2.48. The van der Waals surface area contributed by atoms with E-state index < -0.39 is 66.4 Å². The molecule has 9 N–H and O–H groups in total. The summed E-state index contributed by atoms with van der Waals surface area (Å²) in [6, 6.07) is 5.59. The highest BCUT2D eigenvalue weighted by molar-refractivity contribution is 5.72. The van der Waals surface area contributed by atoms with Gasteiger partial charge in [0.1, 0.15) is 47.8 Å². The lowest BCUT2D eigenvalue weighted by atomic mass is 9.97. The Morgan fingerprint density at radius 3 is 2.21 bits per heavy atom. The van der Waals surface area contributed by atoms with Crippen LogP contribution in [-0.2, 0) is 9.47 Å². The van der Waals surface area contributed by atoms with E-state index in [1.54, 1.807) is 0 Å². The van der Waals surface area contributed by atoms with Crippen molar-refractivity contribution in [3.05, 3.63) is 47.2 Å². The first-order chi connectivity index (χ1) is 15.6. The molecular formula is C21H22O12. The number of hydrogen-bond donors (Lipinski definition) is 9. The van der Waals surface area contributed by atoms with Crippen molar-refractivity contribution in [2.75, 3.05) is 6.61 Å². The van der Waals surface area contributed by atoms with Gasteiger partial charge in [0.2, 0.25) is 6.29 Å². The zero-order valence-electron chi connectivity index (χ0n) is 16.8. The van der Waals surface area contributed by atoms with Crippen LogP contribution < -0.4 is 4.74 Å². The van der Waals surface area contributed by atoms with Crippen LogP contribution in [-0.4, -0.2) is 83.3 Å². The van der Waals surface area contributed by atoms with Crippen molar-refractivity contribution in [3.8, 4) is 28.7 Å². The predicted octanol–water partition coefficient (Wildman–Crippen LogP) is -0.880. The van der Waals surface area contributed by atoms with Gasteiger partial charge < -0.3 is 60.2 Å². The van der Waals surface area contributed by atoms with Crippen LogP contribution in [0, 0.1) is 0 Å². The maximum absolute atomic E-state index is 11.0. The second-order valence-electron chi connectivity index (χ2n) is 7.59. The molecule has 33 heavy (non-hydrogen) atoms. The molecule has 1 fully saturated rings. The van der Waals surface area contributed by atoms with Crippen LogP contribution >= 0.6 is 0 Å². The van der Waals surface area contributed by atoms with E-state index in [9.17, 15) is 46.0 Å². The molecule has 0 amide bonds. The standard InChI is InChI=1S/C21H22O12/c22-6-13-15(27)17(29)18(30)21(32-13)33-20-16(28)14-11(26)4-8(23)5-12(14)31-19(20)7-1-2-9(24)10(25)3-7/h1-5,13,15-18,21-30H,6H2/t13-,15+,16?,17+,18-,21?/m1/s1. The molecule has 2 aliphatic heterocycles. The second kappa shape index (κ2) is 8.59. The highest BCUT2D eigenvalue weighted by Gasteiger charge is 2.46. The van der Waals surface area contributed by atoms with Crippen LogP contribution in [0.4, 0.5) is 0 Å². The molecule has 0 radical (unpaired) electrons. The molecule has 12 nitrogen and oxygen atoms in total. The molecule has 1 saturated heterocycles. The fourth-order valence-corrected chi connectivity index (χ4v) is 3.65. The molecule has 12 heteroatoms. The Hall–Kier alpha value is -3.26. The third-order valence-corrected chi connectivity index (χ3v) is 5.39. The minimum atomic E-state index is -1.81. The Morgan fingerprint density at radius 1 is 0.818 bits per heavy atom. The van der Waals surface area contributed by atoms with E-state index >= 15 is 0 Å². The largest absolute Gasteiger partial charge is 0.508 e. The van der Waals surface area contributed by atoms with Gasteiger partial charge in [-0.2, -0.15) is 0 Å². The minimum absolute atomic E-state index is 0.0809. The lowest BCUT2D eigenvalue weighted by molar-refractivity contribution is -0.294. The van der Waals surface area contributed by atoms with Crippen LogP contribution in [0.1, 0.15) is 17.2 Å². The first-order valence-corrected chi connectivity index (χ1v) is 9.77. The molecule has 2 unspecified atom stereocenters. The first kappa shape index (κ1) is 22.9. The Bertz CT molecular complexity index is 1080. The Balaban J connectivity index is 1.81. The number of aromatic hydroxyl groups is 4. The minimum Gasteiger partial charge on any atom is -0.508 e. The van der Waals surface area contributed by atoms with Crippen LogP contribution in [0.3, 0.4) is 0 Å². The summed E-state index contributed by atoms with van der Waals surface area (Å²) in [4.78, 5) is 0. The monoisotopic (exact) mass is 466 g/mol. The fraction of sp³-hybridized carbons (Fsp3) is 0.333. The molecule has 2 heterocycles. The van der Waals surface area contributed by atoms with Crippen molar-refractivity contribution in [2.24, 2.45) is 0 Å². The van der Waals surface area contributed by atoms with E-state index in [1.165, 1.54) is 6.07 Å². The summed E-state index contributed by atoms with van der Waals surface area (Å²) in [5, 5.41) is 90.3. The van der Waals surface area contributed by atoms with Gasteiger partial charge >= 0.3 is 0 Å². The molecule has 6 atom stereocenters. The number of aliphatic hydroxyl groups excluding tert-OH is 5. The maximum atomic E-state index is 11.0. The third kappa shape index (κ3) is 3.99. The average Bonchev–Trinajstić information content (AvgIpc) is 2.76. The predicted molar refractivity (Wildman–Crippen MR) is 107 cm³/mol. The van der Waals surface area contributed by atoms with Crippen LogP contribution in [0.25, 0.3) is 5.76 Å². The summed E-state index contributed by atoms with van der Waals surface area (Å²) < 4.78 is 16.7. The lowest BCUT2D eigenvalue weighted by Gasteiger charge is -2.41. The maximum Gasteiger partial charge on any atom is 0.229 e. The summed E-state index contributed by atoms with van der Waals surface area (Å²) in [6.07, 6.45) is -9.96. The SMILES string of the molecule is OC[C@H]1OC(OC2=C(c3ccc(O)c(O)c3)Oc3cc(O)cc(O)c3C2O)[C@H](O)[C@@H](O)[C@H]1O. The van der Waals surface area contributed by atoms with Gasteiger partial charge in [-0.3, -0.25) is 0 Å². The molecule has 178 valence electrons. The number of phenols is 4. The molecule has 0 aromatic heterocycles. The molecule has 2 aliphatic rings. The van der Waals surface area contributed by atoms with Crippen LogP contribution in [0.5, 0.6) is 28.7 Å². The highest BCUT2D eigenvalue weighted by atomic mass is 16.7. The Morgan fingerprint density at radius 2 is 1.55 bits per heavy atom. The summed E-state index contributed by atoms with van der Waals surface area (Å²) in [6.45, 7) is -0.718. The molecule has 2 aromatic carbocycles. The molecule has 0 spiro atoms. The number of ether oxygens (including phenoxy) is 3. The Labute approximate surface area is 186 Å². The number of benzene rings is 2. The van der Waals surface area contributed by atoms with E-state index in [0.717, 1.165) is 24.3 Å². The van der Waals surface area contributed by atoms with Gasteiger partial charge in [-0.25, -0.2) is 0 Å². The normalized spacial score (nSPS) is 29.4. The zero-order chi connectivity index (χ0) is 24.0. The number of phenolic OH excluding ortho intramolecular Hbond substituents is 4.